The van der Waals surface area contributed by atoms with Gasteiger partial charge in [0.15, 0.2) is 5.82 Å². The summed E-state index contributed by atoms with van der Waals surface area (Å²) in [7, 11) is 1.96. The van der Waals surface area contributed by atoms with E-state index >= 15 is 0 Å². The highest BCUT2D eigenvalue weighted by molar-refractivity contribution is 6.29. The van der Waals surface area contributed by atoms with E-state index in [4.69, 9.17) is 17.3 Å². The Morgan fingerprint density at radius 3 is 2.67 bits per heavy atom. The van der Waals surface area contributed by atoms with Crippen LogP contribution in [0.1, 0.15) is 11.1 Å². The van der Waals surface area contributed by atoms with Crippen molar-refractivity contribution in [1.82, 2.24) is 4.98 Å². The number of halogens is 1. The Balaban J connectivity index is 2.25. The van der Waals surface area contributed by atoms with E-state index in [0.717, 1.165) is 6.54 Å². The number of pyridine rings is 1. The summed E-state index contributed by atoms with van der Waals surface area (Å²) in [5.41, 5.74) is 9.06. The summed E-state index contributed by atoms with van der Waals surface area (Å²) < 4.78 is 0. The molecule has 0 radical (unpaired) electrons. The summed E-state index contributed by atoms with van der Waals surface area (Å²) in [4.78, 5) is 6.27. The minimum absolute atomic E-state index is 0.454. The average molecular weight is 262 g/mol. The Morgan fingerprint density at radius 2 is 1.94 bits per heavy atom. The van der Waals surface area contributed by atoms with Crippen molar-refractivity contribution in [3.05, 3.63) is 52.7 Å². The summed E-state index contributed by atoms with van der Waals surface area (Å²) in [6.45, 7) is 2.85. The van der Waals surface area contributed by atoms with Gasteiger partial charge in [-0.25, -0.2) is 4.98 Å². The molecule has 2 N–H and O–H groups in total. The number of nitrogens with two attached hydrogens (primary N) is 1. The van der Waals surface area contributed by atoms with Crippen LogP contribution in [-0.2, 0) is 6.54 Å². The summed E-state index contributed by atoms with van der Waals surface area (Å²) in [6, 6.07) is 11.7. The lowest BCUT2D eigenvalue weighted by Gasteiger charge is -2.21. The van der Waals surface area contributed by atoms with E-state index in [9.17, 15) is 0 Å². The molecule has 0 atom stereocenters. The molecule has 0 aliphatic heterocycles. The number of nitrogens with zero attached hydrogens (tertiary/aromatic N) is 2. The maximum absolute atomic E-state index is 5.92. The van der Waals surface area contributed by atoms with Crippen LogP contribution in [0.2, 0.25) is 5.15 Å². The zero-order valence-electron chi connectivity index (χ0n) is 10.5. The highest BCUT2D eigenvalue weighted by Gasteiger charge is 2.09. The van der Waals surface area contributed by atoms with Crippen LogP contribution in [0.5, 0.6) is 0 Å². The Bertz CT molecular complexity index is 554. The van der Waals surface area contributed by atoms with E-state index < -0.39 is 0 Å². The molecule has 0 aliphatic carbocycles. The van der Waals surface area contributed by atoms with Crippen molar-refractivity contribution >= 4 is 23.1 Å². The summed E-state index contributed by atoms with van der Waals surface area (Å²) >= 11 is 5.90. The third-order valence-corrected chi connectivity index (χ3v) is 3.11. The average Bonchev–Trinajstić information content (AvgIpc) is 2.35. The number of hydrogen-bond acceptors (Lipinski definition) is 3. The highest BCUT2D eigenvalue weighted by atomic mass is 35.5. The van der Waals surface area contributed by atoms with Gasteiger partial charge >= 0.3 is 0 Å². The fourth-order valence-electron chi connectivity index (χ4n) is 1.86. The van der Waals surface area contributed by atoms with Gasteiger partial charge in [-0.3, -0.25) is 0 Å². The van der Waals surface area contributed by atoms with Gasteiger partial charge < -0.3 is 10.6 Å². The maximum atomic E-state index is 5.92. The van der Waals surface area contributed by atoms with Crippen molar-refractivity contribution in [3.63, 3.8) is 0 Å². The second kappa shape index (κ2) is 5.27. The Kier molecular flexibility index (Phi) is 3.72. The number of anilines is 2. The molecular formula is C14H16ClN3. The monoisotopic (exact) mass is 261 g/mol. The number of rotatable bonds is 3. The molecule has 0 saturated heterocycles. The van der Waals surface area contributed by atoms with Crippen LogP contribution in [0.15, 0.2) is 36.4 Å². The molecule has 0 unspecified atom stereocenters. The molecule has 2 aromatic rings. The van der Waals surface area contributed by atoms with Gasteiger partial charge in [0.1, 0.15) is 5.15 Å². The molecule has 0 spiro atoms. The van der Waals surface area contributed by atoms with E-state index in [1.807, 2.05) is 24.1 Å². The lowest BCUT2D eigenvalue weighted by molar-refractivity contribution is 0.893. The predicted octanol–water partition coefficient (Wildman–Crippen LogP) is 3.26. The van der Waals surface area contributed by atoms with Gasteiger partial charge in [0.2, 0.25) is 0 Å². The molecule has 1 aromatic heterocycles. The lowest BCUT2D eigenvalue weighted by atomic mass is 10.1. The summed E-state index contributed by atoms with van der Waals surface area (Å²) in [6.07, 6.45) is 0. The van der Waals surface area contributed by atoms with E-state index in [1.54, 1.807) is 12.1 Å². The first-order chi connectivity index (χ1) is 8.58. The van der Waals surface area contributed by atoms with Crippen LogP contribution in [-0.4, -0.2) is 12.0 Å². The van der Waals surface area contributed by atoms with Crippen molar-refractivity contribution in [2.75, 3.05) is 17.7 Å². The molecule has 18 heavy (non-hydrogen) atoms. The molecule has 4 heteroatoms. The first kappa shape index (κ1) is 12.7. The van der Waals surface area contributed by atoms with Gasteiger partial charge in [-0.15, -0.1) is 0 Å². The second-order valence-electron chi connectivity index (χ2n) is 4.33. The van der Waals surface area contributed by atoms with Gasteiger partial charge in [-0.1, -0.05) is 35.9 Å². The van der Waals surface area contributed by atoms with Gasteiger partial charge in [0, 0.05) is 13.6 Å². The van der Waals surface area contributed by atoms with Crippen LogP contribution >= 0.6 is 11.6 Å². The molecular weight excluding hydrogens is 246 g/mol. The van der Waals surface area contributed by atoms with Crippen molar-refractivity contribution < 1.29 is 0 Å². The molecule has 0 saturated carbocycles. The van der Waals surface area contributed by atoms with Gasteiger partial charge in [0.25, 0.3) is 0 Å². The third-order valence-electron chi connectivity index (χ3n) is 2.90. The van der Waals surface area contributed by atoms with Crippen LogP contribution in [0, 0.1) is 6.92 Å². The molecule has 3 nitrogen and oxygen atoms in total. The van der Waals surface area contributed by atoms with Crippen molar-refractivity contribution in [2.24, 2.45) is 0 Å². The Hall–Kier alpha value is -1.74. The molecule has 0 amide bonds. The first-order valence-corrected chi connectivity index (χ1v) is 6.13. The van der Waals surface area contributed by atoms with Crippen molar-refractivity contribution in [1.29, 1.82) is 0 Å². The first-order valence-electron chi connectivity index (χ1n) is 5.75. The fraction of sp³-hybridized carbons (Fsp3) is 0.214. The van der Waals surface area contributed by atoms with Crippen LogP contribution < -0.4 is 10.6 Å². The minimum Gasteiger partial charge on any atom is -0.396 e. The van der Waals surface area contributed by atoms with Gasteiger partial charge in [0.05, 0.1) is 5.69 Å². The zero-order chi connectivity index (χ0) is 13.1. The third kappa shape index (κ3) is 2.74. The number of benzene rings is 1. The quantitative estimate of drug-likeness (QED) is 0.863. The smallest absolute Gasteiger partial charge is 0.153 e. The summed E-state index contributed by atoms with van der Waals surface area (Å²) in [5.74, 6) is 0.714. The number of hydrogen-bond donors (Lipinski definition) is 1. The Labute approximate surface area is 112 Å². The fourth-order valence-corrected chi connectivity index (χ4v) is 2.00. The van der Waals surface area contributed by atoms with Crippen LogP contribution in [0.3, 0.4) is 0 Å². The van der Waals surface area contributed by atoms with Crippen LogP contribution in [0.4, 0.5) is 11.5 Å². The van der Waals surface area contributed by atoms with Crippen molar-refractivity contribution in [2.45, 2.75) is 13.5 Å². The topological polar surface area (TPSA) is 42.2 Å². The SMILES string of the molecule is Cc1ccccc1CN(C)c1nc(Cl)ccc1N. The molecule has 1 heterocycles. The highest BCUT2D eigenvalue weighted by Crippen LogP contribution is 2.23. The zero-order valence-corrected chi connectivity index (χ0v) is 11.3. The molecule has 94 valence electrons. The minimum atomic E-state index is 0.454. The predicted molar refractivity (Wildman–Crippen MR) is 76.9 cm³/mol. The molecule has 0 bridgehead atoms. The lowest BCUT2D eigenvalue weighted by Crippen LogP contribution is -2.19. The van der Waals surface area contributed by atoms with E-state index in [1.165, 1.54) is 11.1 Å². The van der Waals surface area contributed by atoms with Gasteiger partial charge in [-0.05, 0) is 30.2 Å². The molecule has 2 rings (SSSR count). The van der Waals surface area contributed by atoms with E-state index in [-0.39, 0.29) is 0 Å². The molecule has 0 fully saturated rings. The van der Waals surface area contributed by atoms with Gasteiger partial charge in [-0.2, -0.15) is 0 Å². The molecule has 0 aliphatic rings. The van der Waals surface area contributed by atoms with Crippen molar-refractivity contribution in [3.8, 4) is 0 Å². The largest absolute Gasteiger partial charge is 0.396 e. The number of aromatic nitrogens is 1. The Morgan fingerprint density at radius 1 is 1.22 bits per heavy atom. The standard InChI is InChI=1S/C14H16ClN3/c1-10-5-3-4-6-11(10)9-18(2)14-12(16)7-8-13(15)17-14/h3-8H,9,16H2,1-2H3. The van der Waals surface area contributed by atoms with E-state index in [2.05, 4.69) is 24.0 Å². The number of aryl methyl sites for hydroxylation is 1. The summed E-state index contributed by atoms with van der Waals surface area (Å²) in [5, 5.41) is 0.454. The maximum Gasteiger partial charge on any atom is 0.153 e. The second-order valence-corrected chi connectivity index (χ2v) is 4.72. The number of nitrogen functional groups attached to an aromatic ring is 1. The molecule has 1 aromatic carbocycles. The normalized spacial score (nSPS) is 10.4. The van der Waals surface area contributed by atoms with E-state index in [0.29, 0.717) is 16.7 Å². The van der Waals surface area contributed by atoms with Crippen LogP contribution in [0.25, 0.3) is 0 Å².